The molecule has 0 bridgehead atoms. The number of halogens is 1. The van der Waals surface area contributed by atoms with E-state index in [0.717, 1.165) is 10.9 Å². The lowest BCUT2D eigenvalue weighted by molar-refractivity contribution is 0.509. The molecule has 0 radical (unpaired) electrons. The summed E-state index contributed by atoms with van der Waals surface area (Å²) < 4.78 is 1.46. The lowest BCUT2D eigenvalue weighted by Crippen LogP contribution is -2.26. The van der Waals surface area contributed by atoms with E-state index in [2.05, 4.69) is 10.1 Å². The normalized spacial score (nSPS) is 11.2. The fourth-order valence-corrected chi connectivity index (χ4v) is 2.47. The molecular formula is C16H14ClN3O. The summed E-state index contributed by atoms with van der Waals surface area (Å²) in [4.78, 5) is 16.7. The van der Waals surface area contributed by atoms with Gasteiger partial charge in [-0.15, -0.1) is 0 Å². The molecule has 0 aliphatic rings. The molecule has 0 amide bonds. The van der Waals surface area contributed by atoms with Crippen LogP contribution in [-0.2, 0) is 0 Å². The maximum Gasteiger partial charge on any atom is 0.293 e. The van der Waals surface area contributed by atoms with Gasteiger partial charge in [-0.1, -0.05) is 23.7 Å². The van der Waals surface area contributed by atoms with Gasteiger partial charge < -0.3 is 0 Å². The van der Waals surface area contributed by atoms with Crippen LogP contribution < -0.4 is 5.56 Å². The number of nitrogens with zero attached hydrogens (tertiary/aromatic N) is 3. The van der Waals surface area contributed by atoms with Gasteiger partial charge in [0.1, 0.15) is 11.2 Å². The van der Waals surface area contributed by atoms with Gasteiger partial charge in [0.2, 0.25) is 0 Å². The average molecular weight is 300 g/mol. The van der Waals surface area contributed by atoms with Crippen LogP contribution in [0.1, 0.15) is 19.9 Å². The Morgan fingerprint density at radius 2 is 2.00 bits per heavy atom. The highest BCUT2D eigenvalue weighted by molar-refractivity contribution is 6.30. The number of rotatable bonds is 2. The van der Waals surface area contributed by atoms with Gasteiger partial charge >= 0.3 is 0 Å². The van der Waals surface area contributed by atoms with Crippen LogP contribution in [0.2, 0.25) is 5.02 Å². The molecule has 2 heterocycles. The van der Waals surface area contributed by atoms with Crippen molar-refractivity contribution < 1.29 is 0 Å². The Bertz CT molecular complexity index is 871. The number of fused-ring (bicyclic) bond motifs is 1. The topological polar surface area (TPSA) is 47.8 Å². The average Bonchev–Trinajstić information content (AvgIpc) is 2.47. The zero-order chi connectivity index (χ0) is 15.0. The van der Waals surface area contributed by atoms with Crippen LogP contribution in [0.25, 0.3) is 22.2 Å². The van der Waals surface area contributed by atoms with E-state index >= 15 is 0 Å². The Labute approximate surface area is 127 Å². The Morgan fingerprint density at radius 1 is 1.19 bits per heavy atom. The first-order valence-corrected chi connectivity index (χ1v) is 7.09. The van der Waals surface area contributed by atoms with Crippen LogP contribution in [0.5, 0.6) is 0 Å². The molecule has 0 aliphatic heterocycles. The fourth-order valence-electron chi connectivity index (χ4n) is 2.28. The summed E-state index contributed by atoms with van der Waals surface area (Å²) in [5, 5.41) is 5.89. The second kappa shape index (κ2) is 5.30. The van der Waals surface area contributed by atoms with Crippen molar-refractivity contribution in [2.24, 2.45) is 0 Å². The summed E-state index contributed by atoms with van der Waals surface area (Å²) in [6, 6.07) is 11.1. The molecule has 3 rings (SSSR count). The van der Waals surface area contributed by atoms with Gasteiger partial charge in [0, 0.05) is 22.2 Å². The monoisotopic (exact) mass is 299 g/mol. The van der Waals surface area contributed by atoms with Gasteiger partial charge in [0.25, 0.3) is 5.56 Å². The molecule has 4 nitrogen and oxygen atoms in total. The van der Waals surface area contributed by atoms with Crippen molar-refractivity contribution in [2.75, 3.05) is 0 Å². The predicted molar refractivity (Wildman–Crippen MR) is 84.6 cm³/mol. The molecule has 0 aliphatic carbocycles. The molecule has 21 heavy (non-hydrogen) atoms. The zero-order valence-corrected chi connectivity index (χ0v) is 12.5. The largest absolute Gasteiger partial charge is 0.293 e. The van der Waals surface area contributed by atoms with E-state index in [4.69, 9.17) is 11.6 Å². The van der Waals surface area contributed by atoms with E-state index in [0.29, 0.717) is 16.2 Å². The third-order valence-electron chi connectivity index (χ3n) is 3.27. The van der Waals surface area contributed by atoms with E-state index in [1.807, 2.05) is 44.2 Å². The summed E-state index contributed by atoms with van der Waals surface area (Å²) in [5.41, 5.74) is 1.84. The molecular weight excluding hydrogens is 286 g/mol. The van der Waals surface area contributed by atoms with Crippen molar-refractivity contribution in [2.45, 2.75) is 19.9 Å². The molecule has 0 N–H and O–H groups in total. The van der Waals surface area contributed by atoms with Crippen molar-refractivity contribution in [1.82, 2.24) is 14.8 Å². The minimum atomic E-state index is -0.175. The van der Waals surface area contributed by atoms with Crippen molar-refractivity contribution in [3.8, 4) is 11.3 Å². The van der Waals surface area contributed by atoms with Crippen molar-refractivity contribution >= 4 is 22.5 Å². The van der Waals surface area contributed by atoms with E-state index in [9.17, 15) is 4.79 Å². The van der Waals surface area contributed by atoms with E-state index < -0.39 is 0 Å². The van der Waals surface area contributed by atoms with Crippen LogP contribution in [0.15, 0.2) is 47.4 Å². The van der Waals surface area contributed by atoms with Crippen LogP contribution in [0, 0.1) is 0 Å². The second-order valence-electron chi connectivity index (χ2n) is 5.10. The second-order valence-corrected chi connectivity index (χ2v) is 5.54. The molecule has 3 aromatic rings. The highest BCUT2D eigenvalue weighted by Crippen LogP contribution is 2.26. The lowest BCUT2D eigenvalue weighted by atomic mass is 10.1. The van der Waals surface area contributed by atoms with Crippen molar-refractivity contribution in [1.29, 1.82) is 0 Å². The molecule has 0 saturated carbocycles. The molecule has 0 saturated heterocycles. The Kier molecular flexibility index (Phi) is 3.47. The summed E-state index contributed by atoms with van der Waals surface area (Å²) in [7, 11) is 0. The molecule has 5 heteroatoms. The number of hydrogen-bond acceptors (Lipinski definition) is 3. The first-order chi connectivity index (χ1) is 10.1. The van der Waals surface area contributed by atoms with Crippen LogP contribution in [0.4, 0.5) is 0 Å². The molecule has 1 aromatic carbocycles. The highest BCUT2D eigenvalue weighted by atomic mass is 35.5. The van der Waals surface area contributed by atoms with Gasteiger partial charge in [-0.05, 0) is 38.1 Å². The Hall–Kier alpha value is -2.20. The molecule has 106 valence electrons. The Balaban J connectivity index is 2.42. The summed E-state index contributed by atoms with van der Waals surface area (Å²) >= 11 is 6.07. The van der Waals surface area contributed by atoms with Crippen molar-refractivity contribution in [3.05, 3.63) is 58.0 Å². The van der Waals surface area contributed by atoms with Gasteiger partial charge in [0.15, 0.2) is 0 Å². The maximum absolute atomic E-state index is 12.4. The number of aromatic nitrogens is 3. The van der Waals surface area contributed by atoms with Gasteiger partial charge in [-0.2, -0.15) is 5.10 Å². The number of hydrogen-bond donors (Lipinski definition) is 0. The smallest absolute Gasteiger partial charge is 0.265 e. The quantitative estimate of drug-likeness (QED) is 0.725. The molecule has 0 atom stereocenters. The standard InChI is InChI=1S/C16H14ClN3O/c1-10(2)20-16(21)15-13(7-4-8-18-15)14(19-20)11-5-3-6-12(17)9-11/h3-10H,1-2H3. The van der Waals surface area contributed by atoms with E-state index in [-0.39, 0.29) is 11.6 Å². The van der Waals surface area contributed by atoms with Gasteiger partial charge in [0.05, 0.1) is 6.04 Å². The summed E-state index contributed by atoms with van der Waals surface area (Å²) in [5.74, 6) is 0. The van der Waals surface area contributed by atoms with E-state index in [1.165, 1.54) is 4.68 Å². The van der Waals surface area contributed by atoms with Crippen molar-refractivity contribution in [3.63, 3.8) is 0 Å². The molecule has 0 unspecified atom stereocenters. The van der Waals surface area contributed by atoms with Crippen LogP contribution in [-0.4, -0.2) is 14.8 Å². The molecule has 0 fully saturated rings. The molecule has 2 aromatic heterocycles. The first kappa shape index (κ1) is 13.8. The van der Waals surface area contributed by atoms with E-state index in [1.54, 1.807) is 12.3 Å². The predicted octanol–water partition coefficient (Wildman–Crippen LogP) is 3.69. The summed E-state index contributed by atoms with van der Waals surface area (Å²) in [6.07, 6.45) is 1.62. The van der Waals surface area contributed by atoms with Gasteiger partial charge in [-0.25, -0.2) is 4.68 Å². The summed E-state index contributed by atoms with van der Waals surface area (Å²) in [6.45, 7) is 3.84. The number of benzene rings is 1. The lowest BCUT2D eigenvalue weighted by Gasteiger charge is -2.13. The van der Waals surface area contributed by atoms with Crippen LogP contribution in [0.3, 0.4) is 0 Å². The first-order valence-electron chi connectivity index (χ1n) is 6.71. The third kappa shape index (κ3) is 2.43. The third-order valence-corrected chi connectivity index (χ3v) is 3.50. The Morgan fingerprint density at radius 3 is 2.71 bits per heavy atom. The number of pyridine rings is 1. The maximum atomic E-state index is 12.4. The zero-order valence-electron chi connectivity index (χ0n) is 11.7. The van der Waals surface area contributed by atoms with Gasteiger partial charge in [-0.3, -0.25) is 9.78 Å². The van der Waals surface area contributed by atoms with Crippen LogP contribution >= 0.6 is 11.6 Å². The minimum absolute atomic E-state index is 0.0400. The SMILES string of the molecule is CC(C)n1nc(-c2cccc(Cl)c2)c2cccnc2c1=O. The minimum Gasteiger partial charge on any atom is -0.265 e. The fraction of sp³-hybridized carbons (Fsp3) is 0.188. The highest BCUT2D eigenvalue weighted by Gasteiger charge is 2.14. The molecule has 0 spiro atoms.